The van der Waals surface area contributed by atoms with Crippen molar-refractivity contribution < 1.29 is 9.47 Å². The van der Waals surface area contributed by atoms with Gasteiger partial charge in [0.05, 0.1) is 0 Å². The monoisotopic (exact) mass is 79.0 g/mol. The van der Waals surface area contributed by atoms with Crippen LogP contribution >= 0.6 is 0 Å². The molecule has 0 aliphatic rings. The Balaban J connectivity index is 2.54. The molecular weight excluding hydrogens is 73.0 g/mol. The normalized spacial score (nSPS) is 15.0. The third kappa shape index (κ3) is 3.85. The Bertz CT molecular complexity index is 23.6. The van der Waals surface area contributed by atoms with Gasteiger partial charge >= 0.3 is 0 Å². The van der Waals surface area contributed by atoms with Crippen LogP contribution < -0.4 is 5.73 Å². The van der Waals surface area contributed by atoms with Gasteiger partial charge in [0.1, 0.15) is 6.23 Å². The van der Waals surface area contributed by atoms with E-state index in [-0.39, 0.29) is 0 Å². The van der Waals surface area contributed by atoms with Crippen LogP contribution in [0.15, 0.2) is 0 Å². The van der Waals surface area contributed by atoms with E-state index in [2.05, 4.69) is 4.94 Å². The lowest BCUT2D eigenvalue weighted by Crippen LogP contribution is -2.13. The highest BCUT2D eigenvalue weighted by Gasteiger charge is 1.83. The number of hydrogen-bond acceptors (Lipinski definition) is 2. The molecule has 32 valence electrons. The van der Waals surface area contributed by atoms with Crippen molar-refractivity contribution >= 4 is 0 Å². The van der Waals surface area contributed by atoms with Gasteiger partial charge in [-0.25, -0.2) is 0 Å². The summed E-state index contributed by atoms with van der Waals surface area (Å²) >= 11 is 0. The van der Waals surface area contributed by atoms with E-state index in [0.29, 0.717) is 0 Å². The number of halogens is 1. The Morgan fingerprint density at radius 2 is 2.20 bits per heavy atom. The predicted octanol–water partition coefficient (Wildman–Crippen LogP) is 0.192. The fraction of sp³-hybridized carbons (Fsp3) is 1.00. The molecule has 0 fully saturated rings. The summed E-state index contributed by atoms with van der Waals surface area (Å²) in [6.07, 6.45) is -0.782. The summed E-state index contributed by atoms with van der Waals surface area (Å²) in [5.74, 6) is 0. The second-order valence-corrected chi connectivity index (χ2v) is 0.794. The number of hydrogen-bond donors (Lipinski definition) is 1. The van der Waals surface area contributed by atoms with Crippen molar-refractivity contribution in [2.24, 2.45) is 5.73 Å². The minimum absolute atomic E-state index is 0.782. The molecule has 0 heterocycles. The van der Waals surface area contributed by atoms with E-state index < -0.39 is 6.23 Å². The maximum atomic E-state index is 10.5. The Hall–Kier alpha value is -0.150. The smallest absolute Gasteiger partial charge is 0.143 e. The highest BCUT2D eigenvalue weighted by Crippen LogP contribution is 1.74. The summed E-state index contributed by atoms with van der Waals surface area (Å²) < 4.78 is 10.5. The van der Waals surface area contributed by atoms with Crippen molar-refractivity contribution in [3.05, 3.63) is 0 Å². The molecule has 0 radical (unpaired) electrons. The Morgan fingerprint density at radius 3 is 2.20 bits per heavy atom. The van der Waals surface area contributed by atoms with Crippen LogP contribution in [0, 0.1) is 0 Å². The average molecular weight is 79.1 g/mol. The third-order valence-electron chi connectivity index (χ3n) is 0.141. The van der Waals surface area contributed by atoms with E-state index in [0.717, 1.165) is 0 Å². The molecule has 1 unspecified atom stereocenters. The summed E-state index contributed by atoms with van der Waals surface area (Å²) in [7, 11) is 0. The summed E-state index contributed by atoms with van der Waals surface area (Å²) in [6, 6.07) is 0. The van der Waals surface area contributed by atoms with Crippen molar-refractivity contribution in [2.45, 2.75) is 13.2 Å². The van der Waals surface area contributed by atoms with Crippen LogP contribution in [-0.4, -0.2) is 6.23 Å². The number of rotatable bonds is 1. The molecule has 0 saturated heterocycles. The van der Waals surface area contributed by atoms with Crippen molar-refractivity contribution in [3.63, 3.8) is 0 Å². The molecule has 0 aromatic carbocycles. The van der Waals surface area contributed by atoms with Gasteiger partial charge < -0.3 is 5.73 Å². The van der Waals surface area contributed by atoms with Gasteiger partial charge in [-0.05, 0) is 11.4 Å². The molecule has 0 aliphatic carbocycles. The first-order valence-electron chi connectivity index (χ1n) is 1.30. The Kier molecular flexibility index (Phi) is 2.05. The lowest BCUT2D eigenvalue weighted by atomic mass is 10.7. The summed E-state index contributed by atoms with van der Waals surface area (Å²) in [6.45, 7) is 1.40. The van der Waals surface area contributed by atoms with Gasteiger partial charge in [-0.15, -0.1) is 0 Å². The molecule has 2 nitrogen and oxygen atoms in total. The van der Waals surface area contributed by atoms with Crippen LogP contribution in [-0.2, 0) is 4.94 Å². The zero-order valence-electron chi connectivity index (χ0n) is 2.94. The van der Waals surface area contributed by atoms with Crippen molar-refractivity contribution in [1.82, 2.24) is 0 Å². The van der Waals surface area contributed by atoms with E-state index in [9.17, 15) is 4.53 Å². The van der Waals surface area contributed by atoms with E-state index in [1.807, 2.05) is 0 Å². The quantitative estimate of drug-likeness (QED) is 0.455. The lowest BCUT2D eigenvalue weighted by Gasteiger charge is -1.88. The zero-order valence-corrected chi connectivity index (χ0v) is 2.94. The van der Waals surface area contributed by atoms with Gasteiger partial charge in [0.15, 0.2) is 0 Å². The maximum Gasteiger partial charge on any atom is 0.143 e. The fourth-order valence-electron chi connectivity index (χ4n) is 0. The molecule has 0 rings (SSSR count). The van der Waals surface area contributed by atoms with Gasteiger partial charge in [-0.2, -0.15) is 4.94 Å². The predicted molar refractivity (Wildman–Crippen MR) is 15.8 cm³/mol. The molecule has 1 atom stereocenters. The largest absolute Gasteiger partial charge is 0.303 e. The van der Waals surface area contributed by atoms with Gasteiger partial charge in [0, 0.05) is 0 Å². The minimum atomic E-state index is -0.782. The molecular formula is C2H6FNO. The maximum absolute atomic E-state index is 10.5. The third-order valence-corrected chi connectivity index (χ3v) is 0.141. The van der Waals surface area contributed by atoms with Crippen LogP contribution in [0.4, 0.5) is 4.53 Å². The summed E-state index contributed by atoms with van der Waals surface area (Å²) in [4.78, 5) is 3.03. The van der Waals surface area contributed by atoms with E-state index in [1.54, 1.807) is 0 Å². The Morgan fingerprint density at radius 1 is 2.00 bits per heavy atom. The van der Waals surface area contributed by atoms with Crippen molar-refractivity contribution in [2.75, 3.05) is 0 Å². The second-order valence-electron chi connectivity index (χ2n) is 0.794. The second kappa shape index (κ2) is 2.11. The van der Waals surface area contributed by atoms with E-state index >= 15 is 0 Å². The van der Waals surface area contributed by atoms with Crippen molar-refractivity contribution in [3.8, 4) is 0 Å². The van der Waals surface area contributed by atoms with Gasteiger partial charge in [0.25, 0.3) is 0 Å². The van der Waals surface area contributed by atoms with Crippen LogP contribution in [0.25, 0.3) is 0 Å². The highest BCUT2D eigenvalue weighted by atomic mass is 19.3. The molecule has 0 spiro atoms. The average Bonchev–Trinajstić information content (AvgIpc) is 1.38. The fourth-order valence-corrected chi connectivity index (χ4v) is 0. The molecule has 0 aromatic rings. The van der Waals surface area contributed by atoms with Crippen LogP contribution in [0.1, 0.15) is 6.92 Å². The van der Waals surface area contributed by atoms with Crippen LogP contribution in [0.3, 0.4) is 0 Å². The van der Waals surface area contributed by atoms with E-state index in [4.69, 9.17) is 5.73 Å². The molecule has 0 aliphatic heterocycles. The summed E-state index contributed by atoms with van der Waals surface area (Å²) in [5.41, 5.74) is 4.69. The molecule has 0 aromatic heterocycles. The molecule has 2 N–H and O–H groups in total. The highest BCUT2D eigenvalue weighted by molar-refractivity contribution is 4.20. The van der Waals surface area contributed by atoms with Gasteiger partial charge in [-0.3, -0.25) is 0 Å². The van der Waals surface area contributed by atoms with Gasteiger partial charge in [0.2, 0.25) is 0 Å². The van der Waals surface area contributed by atoms with E-state index in [1.165, 1.54) is 6.92 Å². The molecule has 0 saturated carbocycles. The first kappa shape index (κ1) is 4.85. The van der Waals surface area contributed by atoms with Crippen LogP contribution in [0.2, 0.25) is 0 Å². The topological polar surface area (TPSA) is 35.2 Å². The first-order chi connectivity index (χ1) is 2.27. The molecule has 0 bridgehead atoms. The van der Waals surface area contributed by atoms with Crippen LogP contribution in [0.5, 0.6) is 0 Å². The lowest BCUT2D eigenvalue weighted by molar-refractivity contribution is -0.170. The summed E-state index contributed by atoms with van der Waals surface area (Å²) in [5, 5.41) is 0. The molecule has 0 amide bonds. The number of nitrogens with two attached hydrogens (primary N) is 1. The van der Waals surface area contributed by atoms with Gasteiger partial charge in [-0.1, -0.05) is 0 Å². The standard InChI is InChI=1S/C2H6FNO/c1-2(4)5-3/h2H,4H2,1H3. The van der Waals surface area contributed by atoms with Crippen molar-refractivity contribution in [1.29, 1.82) is 0 Å². The molecule has 3 heteroatoms. The first-order valence-corrected chi connectivity index (χ1v) is 1.30. The Labute approximate surface area is 29.6 Å². The SMILES string of the molecule is CC(N)OF. The molecule has 5 heavy (non-hydrogen) atoms. The minimum Gasteiger partial charge on any atom is -0.303 e. The zero-order chi connectivity index (χ0) is 4.28.